The third kappa shape index (κ3) is 6.78. The second kappa shape index (κ2) is 12.3. The fourth-order valence-electron chi connectivity index (χ4n) is 4.54. The Morgan fingerprint density at radius 2 is 1.62 bits per heavy atom. The summed E-state index contributed by atoms with van der Waals surface area (Å²) in [5.74, 6) is -0.187. The summed E-state index contributed by atoms with van der Waals surface area (Å²) >= 11 is 0. The maximum absolute atomic E-state index is 11.5. The first-order chi connectivity index (χ1) is 17.9. The van der Waals surface area contributed by atoms with Gasteiger partial charge in [0.2, 0.25) is 0 Å². The Bertz CT molecular complexity index is 1410. The van der Waals surface area contributed by atoms with E-state index in [1.54, 1.807) is 0 Å². The standard InChI is InChI=1S/C29H32N4O4/c1-3-4-11-25-24(26(31-19(2)30-25)12-7-8-13-27(34)35)18-20-14-16-21(17-15-20)22-9-5-6-10-23(22)28-32-29(36)37-33-28/h5-6,9-10,14-17H,3-4,7-8,11-13,18H2,1-2H3,(H,34,35)(H,32,33,36). The molecule has 0 aliphatic carbocycles. The van der Waals surface area contributed by atoms with Crippen LogP contribution < -0.4 is 5.76 Å². The molecule has 0 saturated heterocycles. The Morgan fingerprint density at radius 3 is 2.24 bits per heavy atom. The van der Waals surface area contributed by atoms with Gasteiger partial charge in [-0.1, -0.05) is 67.0 Å². The van der Waals surface area contributed by atoms with Gasteiger partial charge >= 0.3 is 11.7 Å². The Labute approximate surface area is 215 Å². The van der Waals surface area contributed by atoms with Gasteiger partial charge in [0.1, 0.15) is 5.82 Å². The van der Waals surface area contributed by atoms with E-state index in [9.17, 15) is 9.59 Å². The zero-order chi connectivity index (χ0) is 26.2. The van der Waals surface area contributed by atoms with E-state index >= 15 is 0 Å². The summed E-state index contributed by atoms with van der Waals surface area (Å²) in [5, 5.41) is 12.8. The van der Waals surface area contributed by atoms with E-state index in [0.717, 1.165) is 77.1 Å². The lowest BCUT2D eigenvalue weighted by molar-refractivity contribution is -0.137. The van der Waals surface area contributed by atoms with Crippen molar-refractivity contribution in [2.24, 2.45) is 0 Å². The van der Waals surface area contributed by atoms with Crippen molar-refractivity contribution >= 4 is 5.97 Å². The molecule has 2 aromatic heterocycles. The van der Waals surface area contributed by atoms with E-state index in [4.69, 9.17) is 19.6 Å². The average Bonchev–Trinajstić information content (AvgIpc) is 3.33. The molecule has 2 N–H and O–H groups in total. The van der Waals surface area contributed by atoms with E-state index in [1.165, 1.54) is 0 Å². The molecule has 4 aromatic rings. The third-order valence-electron chi connectivity index (χ3n) is 6.38. The highest BCUT2D eigenvalue weighted by Gasteiger charge is 2.15. The van der Waals surface area contributed by atoms with Crippen LogP contribution in [0.3, 0.4) is 0 Å². The first kappa shape index (κ1) is 26.0. The fourth-order valence-corrected chi connectivity index (χ4v) is 4.54. The van der Waals surface area contributed by atoms with E-state index in [1.807, 2.05) is 31.2 Å². The largest absolute Gasteiger partial charge is 0.481 e. The molecule has 192 valence electrons. The summed E-state index contributed by atoms with van der Waals surface area (Å²) in [6.07, 6.45) is 6.09. The predicted octanol–water partition coefficient (Wildman–Crippen LogP) is 5.53. The lowest BCUT2D eigenvalue weighted by Crippen LogP contribution is -2.10. The number of carboxylic acid groups (broad SMARTS) is 1. The highest BCUT2D eigenvalue weighted by molar-refractivity contribution is 5.80. The molecule has 0 spiro atoms. The van der Waals surface area contributed by atoms with Gasteiger partial charge in [-0.3, -0.25) is 14.3 Å². The number of carboxylic acids is 1. The number of aromatic nitrogens is 4. The van der Waals surface area contributed by atoms with Crippen LogP contribution in [-0.2, 0) is 24.1 Å². The Balaban J connectivity index is 1.61. The fraction of sp³-hybridized carbons (Fsp3) is 0.345. The summed E-state index contributed by atoms with van der Waals surface area (Å²) in [6, 6.07) is 16.1. The van der Waals surface area contributed by atoms with Crippen molar-refractivity contribution in [3.8, 4) is 22.5 Å². The monoisotopic (exact) mass is 500 g/mol. The van der Waals surface area contributed by atoms with Gasteiger partial charge in [-0.15, -0.1) is 0 Å². The van der Waals surface area contributed by atoms with Crippen LogP contribution in [0.2, 0.25) is 0 Å². The van der Waals surface area contributed by atoms with Gasteiger partial charge in [0.25, 0.3) is 0 Å². The third-order valence-corrected chi connectivity index (χ3v) is 6.38. The molecule has 4 rings (SSSR count). The van der Waals surface area contributed by atoms with Crippen LogP contribution in [0.25, 0.3) is 22.5 Å². The molecule has 0 atom stereocenters. The highest BCUT2D eigenvalue weighted by Crippen LogP contribution is 2.30. The number of hydrogen-bond donors (Lipinski definition) is 2. The van der Waals surface area contributed by atoms with Gasteiger partial charge < -0.3 is 5.11 Å². The number of nitrogens with one attached hydrogen (secondary N) is 1. The lowest BCUT2D eigenvalue weighted by Gasteiger charge is -2.15. The molecule has 0 aliphatic heterocycles. The zero-order valence-electron chi connectivity index (χ0n) is 21.3. The number of H-pyrrole nitrogens is 1. The van der Waals surface area contributed by atoms with Crippen LogP contribution >= 0.6 is 0 Å². The van der Waals surface area contributed by atoms with Gasteiger partial charge in [0.15, 0.2) is 5.82 Å². The number of nitrogens with zero attached hydrogens (tertiary/aromatic N) is 3. The number of benzene rings is 2. The molecular weight excluding hydrogens is 468 g/mol. The van der Waals surface area contributed by atoms with Crippen LogP contribution in [0.1, 0.15) is 67.4 Å². The average molecular weight is 501 g/mol. The van der Waals surface area contributed by atoms with E-state index in [-0.39, 0.29) is 6.42 Å². The number of aromatic amines is 1. The van der Waals surface area contributed by atoms with Crippen molar-refractivity contribution in [2.75, 3.05) is 0 Å². The Morgan fingerprint density at radius 1 is 0.946 bits per heavy atom. The molecule has 0 saturated carbocycles. The quantitative estimate of drug-likeness (QED) is 0.245. The first-order valence-electron chi connectivity index (χ1n) is 12.8. The topological polar surface area (TPSA) is 122 Å². The van der Waals surface area contributed by atoms with Crippen molar-refractivity contribution in [3.05, 3.63) is 87.4 Å². The summed E-state index contributed by atoms with van der Waals surface area (Å²) < 4.78 is 4.70. The first-order valence-corrected chi connectivity index (χ1v) is 12.8. The molecule has 0 fully saturated rings. The predicted molar refractivity (Wildman–Crippen MR) is 141 cm³/mol. The molecule has 0 aliphatic rings. The minimum atomic E-state index is -0.765. The maximum Gasteiger partial charge on any atom is 0.439 e. The highest BCUT2D eigenvalue weighted by atomic mass is 16.5. The van der Waals surface area contributed by atoms with Gasteiger partial charge in [-0.25, -0.2) is 14.8 Å². The number of aryl methyl sites for hydroxylation is 3. The van der Waals surface area contributed by atoms with Crippen molar-refractivity contribution in [2.45, 2.75) is 65.2 Å². The van der Waals surface area contributed by atoms with Crippen molar-refractivity contribution in [1.82, 2.24) is 20.1 Å². The number of unbranched alkanes of at least 4 members (excludes halogenated alkanes) is 2. The normalized spacial score (nSPS) is 11.1. The van der Waals surface area contributed by atoms with E-state index in [2.05, 4.69) is 41.3 Å². The summed E-state index contributed by atoms with van der Waals surface area (Å²) in [5.41, 5.74) is 7.15. The van der Waals surface area contributed by atoms with Gasteiger partial charge in [0, 0.05) is 29.8 Å². The molecule has 0 amide bonds. The summed E-state index contributed by atoms with van der Waals surface area (Å²) in [7, 11) is 0. The zero-order valence-corrected chi connectivity index (χ0v) is 21.3. The minimum absolute atomic E-state index is 0.174. The molecule has 8 nitrogen and oxygen atoms in total. The smallest absolute Gasteiger partial charge is 0.439 e. The van der Waals surface area contributed by atoms with Crippen molar-refractivity contribution in [1.29, 1.82) is 0 Å². The van der Waals surface area contributed by atoms with Gasteiger partial charge in [-0.05, 0) is 61.3 Å². The lowest BCUT2D eigenvalue weighted by atomic mass is 9.94. The summed E-state index contributed by atoms with van der Waals surface area (Å²) in [6.45, 7) is 4.10. The molecule has 0 bridgehead atoms. The summed E-state index contributed by atoms with van der Waals surface area (Å²) in [4.78, 5) is 34.6. The van der Waals surface area contributed by atoms with Crippen LogP contribution in [0.4, 0.5) is 0 Å². The van der Waals surface area contributed by atoms with Gasteiger partial charge in [-0.2, -0.15) is 0 Å². The Kier molecular flexibility index (Phi) is 8.61. The molecule has 2 aromatic carbocycles. The van der Waals surface area contributed by atoms with Crippen LogP contribution in [0, 0.1) is 6.92 Å². The number of hydrogen-bond acceptors (Lipinski definition) is 6. The van der Waals surface area contributed by atoms with Crippen LogP contribution in [0.15, 0.2) is 57.8 Å². The van der Waals surface area contributed by atoms with Gasteiger partial charge in [0.05, 0.1) is 0 Å². The molecule has 8 heteroatoms. The van der Waals surface area contributed by atoms with E-state index in [0.29, 0.717) is 18.7 Å². The van der Waals surface area contributed by atoms with Crippen molar-refractivity contribution in [3.63, 3.8) is 0 Å². The molecule has 0 unspecified atom stereocenters. The van der Waals surface area contributed by atoms with E-state index < -0.39 is 11.7 Å². The number of aliphatic carboxylic acids is 1. The molecule has 0 radical (unpaired) electrons. The molecular formula is C29H32N4O4. The van der Waals surface area contributed by atoms with Crippen LogP contribution in [0.5, 0.6) is 0 Å². The maximum atomic E-state index is 11.5. The SMILES string of the molecule is CCCCc1nc(C)nc(CCCCC(=O)O)c1Cc1ccc(-c2ccccc2-c2noc(=O)[nH]2)cc1. The second-order valence-corrected chi connectivity index (χ2v) is 9.21. The number of rotatable bonds is 12. The molecule has 37 heavy (non-hydrogen) atoms. The molecule has 2 heterocycles. The number of carbonyl (C=O) groups is 1. The minimum Gasteiger partial charge on any atom is -0.481 e. The van der Waals surface area contributed by atoms with Crippen molar-refractivity contribution < 1.29 is 14.4 Å². The van der Waals surface area contributed by atoms with Crippen LogP contribution in [-0.4, -0.2) is 31.2 Å². The Hall–Kier alpha value is -4.07. The second-order valence-electron chi connectivity index (χ2n) is 9.21.